The SMILES string of the molecule is O=C(Nc1ccc(C(=O)NCc2cccc(NC(=O)c3ccco3)c2)cc1)NC1CC1. The van der Waals surface area contributed by atoms with Crippen LogP contribution in [-0.2, 0) is 6.54 Å². The van der Waals surface area contributed by atoms with E-state index >= 15 is 0 Å². The van der Waals surface area contributed by atoms with Gasteiger partial charge in [-0.25, -0.2) is 4.79 Å². The molecule has 4 rings (SSSR count). The number of amides is 4. The van der Waals surface area contributed by atoms with Gasteiger partial charge in [0.2, 0.25) is 0 Å². The summed E-state index contributed by atoms with van der Waals surface area (Å²) in [6, 6.07) is 17.2. The summed E-state index contributed by atoms with van der Waals surface area (Å²) < 4.78 is 5.08. The van der Waals surface area contributed by atoms with Crippen LogP contribution in [0.1, 0.15) is 39.3 Å². The number of urea groups is 1. The molecule has 0 radical (unpaired) electrons. The summed E-state index contributed by atoms with van der Waals surface area (Å²) in [4.78, 5) is 36.3. The molecule has 1 fully saturated rings. The molecular formula is C23H22N4O4. The van der Waals surface area contributed by atoms with Gasteiger partial charge in [-0.3, -0.25) is 9.59 Å². The van der Waals surface area contributed by atoms with E-state index in [4.69, 9.17) is 4.42 Å². The van der Waals surface area contributed by atoms with Gasteiger partial charge in [0, 0.05) is 29.5 Å². The highest BCUT2D eigenvalue weighted by Crippen LogP contribution is 2.19. The first-order chi connectivity index (χ1) is 15.1. The summed E-state index contributed by atoms with van der Waals surface area (Å²) in [6.45, 7) is 0.299. The van der Waals surface area contributed by atoms with Crippen LogP contribution in [0.25, 0.3) is 0 Å². The number of carbonyl (C=O) groups is 3. The second-order valence-electron chi connectivity index (χ2n) is 7.26. The second-order valence-corrected chi connectivity index (χ2v) is 7.26. The van der Waals surface area contributed by atoms with E-state index in [0.29, 0.717) is 23.5 Å². The Morgan fingerprint density at radius 3 is 2.39 bits per heavy atom. The molecule has 0 bridgehead atoms. The number of hydrogen-bond acceptors (Lipinski definition) is 4. The fraction of sp³-hybridized carbons (Fsp3) is 0.174. The second kappa shape index (κ2) is 9.17. The van der Waals surface area contributed by atoms with Crippen molar-refractivity contribution in [2.75, 3.05) is 10.6 Å². The lowest BCUT2D eigenvalue weighted by Gasteiger charge is -2.09. The minimum Gasteiger partial charge on any atom is -0.459 e. The molecule has 0 aliphatic heterocycles. The normalized spacial score (nSPS) is 12.6. The number of carbonyl (C=O) groups excluding carboxylic acids is 3. The average molecular weight is 418 g/mol. The molecule has 1 aliphatic rings. The molecule has 4 amide bonds. The summed E-state index contributed by atoms with van der Waals surface area (Å²) >= 11 is 0. The van der Waals surface area contributed by atoms with Gasteiger partial charge in [-0.15, -0.1) is 0 Å². The van der Waals surface area contributed by atoms with Gasteiger partial charge >= 0.3 is 6.03 Å². The van der Waals surface area contributed by atoms with Gasteiger partial charge in [0.25, 0.3) is 11.8 Å². The van der Waals surface area contributed by atoms with E-state index in [-0.39, 0.29) is 29.6 Å². The van der Waals surface area contributed by atoms with Gasteiger partial charge < -0.3 is 25.7 Å². The third-order valence-corrected chi connectivity index (χ3v) is 4.70. The molecule has 2 aromatic carbocycles. The molecule has 1 saturated carbocycles. The Morgan fingerprint density at radius 2 is 1.68 bits per heavy atom. The third kappa shape index (κ3) is 5.72. The van der Waals surface area contributed by atoms with Crippen molar-refractivity contribution >= 4 is 29.2 Å². The van der Waals surface area contributed by atoms with Crippen LogP contribution >= 0.6 is 0 Å². The first-order valence-corrected chi connectivity index (χ1v) is 9.96. The van der Waals surface area contributed by atoms with E-state index in [9.17, 15) is 14.4 Å². The van der Waals surface area contributed by atoms with Crippen molar-refractivity contribution in [1.29, 1.82) is 0 Å². The Bertz CT molecular complexity index is 1070. The zero-order chi connectivity index (χ0) is 21.6. The Morgan fingerprint density at radius 1 is 0.871 bits per heavy atom. The number of hydrogen-bond donors (Lipinski definition) is 4. The third-order valence-electron chi connectivity index (χ3n) is 4.70. The monoisotopic (exact) mass is 418 g/mol. The number of anilines is 2. The van der Waals surface area contributed by atoms with Crippen LogP contribution in [0.2, 0.25) is 0 Å². The largest absolute Gasteiger partial charge is 0.459 e. The fourth-order valence-corrected chi connectivity index (χ4v) is 2.93. The van der Waals surface area contributed by atoms with Crippen LogP contribution in [0.4, 0.5) is 16.2 Å². The minimum absolute atomic E-state index is 0.224. The van der Waals surface area contributed by atoms with E-state index < -0.39 is 0 Å². The lowest BCUT2D eigenvalue weighted by Crippen LogP contribution is -2.30. The van der Waals surface area contributed by atoms with Crippen LogP contribution in [0.15, 0.2) is 71.3 Å². The Labute approximate surface area is 179 Å². The Kier molecular flexibility index (Phi) is 5.98. The van der Waals surface area contributed by atoms with Crippen molar-refractivity contribution in [3.63, 3.8) is 0 Å². The zero-order valence-electron chi connectivity index (χ0n) is 16.7. The molecule has 3 aromatic rings. The Balaban J connectivity index is 1.29. The molecule has 8 heteroatoms. The van der Waals surface area contributed by atoms with Crippen molar-refractivity contribution in [3.8, 4) is 0 Å². The zero-order valence-corrected chi connectivity index (χ0v) is 16.7. The summed E-state index contributed by atoms with van der Waals surface area (Å²) in [5.74, 6) is -0.355. The number of nitrogens with one attached hydrogen (secondary N) is 4. The Hall–Kier alpha value is -4.07. The highest BCUT2D eigenvalue weighted by atomic mass is 16.3. The van der Waals surface area contributed by atoms with Crippen molar-refractivity contribution in [1.82, 2.24) is 10.6 Å². The molecule has 0 spiro atoms. The molecule has 0 unspecified atom stereocenters. The smallest absolute Gasteiger partial charge is 0.319 e. The molecule has 1 aliphatic carbocycles. The highest BCUT2D eigenvalue weighted by molar-refractivity contribution is 6.02. The average Bonchev–Trinajstić information content (AvgIpc) is 3.40. The first kappa shape index (κ1) is 20.2. The maximum atomic E-state index is 12.4. The van der Waals surface area contributed by atoms with Crippen LogP contribution in [0, 0.1) is 0 Å². The van der Waals surface area contributed by atoms with Crippen LogP contribution in [0.5, 0.6) is 0 Å². The van der Waals surface area contributed by atoms with Crippen LogP contribution in [-0.4, -0.2) is 23.9 Å². The van der Waals surface area contributed by atoms with E-state index in [1.54, 1.807) is 54.6 Å². The van der Waals surface area contributed by atoms with Gasteiger partial charge in [0.05, 0.1) is 6.26 Å². The molecular weight excluding hydrogens is 396 g/mol. The van der Waals surface area contributed by atoms with Gasteiger partial charge in [-0.05, 0) is 66.9 Å². The van der Waals surface area contributed by atoms with E-state index in [2.05, 4.69) is 21.3 Å². The summed E-state index contributed by atoms with van der Waals surface area (Å²) in [5, 5.41) is 11.2. The van der Waals surface area contributed by atoms with E-state index in [1.165, 1.54) is 6.26 Å². The van der Waals surface area contributed by atoms with Crippen molar-refractivity contribution in [2.45, 2.75) is 25.4 Å². The van der Waals surface area contributed by atoms with Gasteiger partial charge in [0.1, 0.15) is 0 Å². The topological polar surface area (TPSA) is 112 Å². The van der Waals surface area contributed by atoms with Gasteiger partial charge in [-0.1, -0.05) is 12.1 Å². The van der Waals surface area contributed by atoms with Crippen LogP contribution < -0.4 is 21.3 Å². The quantitative estimate of drug-likeness (QED) is 0.468. The lowest BCUT2D eigenvalue weighted by atomic mass is 10.1. The van der Waals surface area contributed by atoms with E-state index in [0.717, 1.165) is 18.4 Å². The molecule has 8 nitrogen and oxygen atoms in total. The summed E-state index contributed by atoms with van der Waals surface area (Å²) in [6.07, 6.45) is 3.48. The molecule has 4 N–H and O–H groups in total. The molecule has 0 saturated heterocycles. The molecule has 31 heavy (non-hydrogen) atoms. The standard InChI is InChI=1S/C23H22N4O4/c28-21(16-6-8-17(9-7-16)26-23(30)27-18-10-11-18)24-14-15-3-1-4-19(13-15)25-22(29)20-5-2-12-31-20/h1-9,12-13,18H,10-11,14H2,(H,24,28)(H,25,29)(H2,26,27,30). The van der Waals surface area contributed by atoms with Gasteiger partial charge in [-0.2, -0.15) is 0 Å². The maximum Gasteiger partial charge on any atom is 0.319 e. The van der Waals surface area contributed by atoms with Gasteiger partial charge in [0.15, 0.2) is 5.76 Å². The first-order valence-electron chi connectivity index (χ1n) is 9.96. The molecule has 1 heterocycles. The molecule has 1 aromatic heterocycles. The number of benzene rings is 2. The summed E-state index contributed by atoms with van der Waals surface area (Å²) in [7, 11) is 0. The summed E-state index contributed by atoms with van der Waals surface area (Å²) in [5.41, 5.74) is 2.54. The lowest BCUT2D eigenvalue weighted by molar-refractivity contribution is 0.0949. The number of furan rings is 1. The van der Waals surface area contributed by atoms with Crippen molar-refractivity contribution in [3.05, 3.63) is 83.8 Å². The predicted molar refractivity (Wildman–Crippen MR) is 116 cm³/mol. The number of rotatable bonds is 7. The van der Waals surface area contributed by atoms with Crippen molar-refractivity contribution in [2.24, 2.45) is 0 Å². The molecule has 158 valence electrons. The minimum atomic E-state index is -0.342. The predicted octanol–water partition coefficient (Wildman–Crippen LogP) is 3.75. The highest BCUT2D eigenvalue weighted by Gasteiger charge is 2.23. The molecule has 0 atom stereocenters. The van der Waals surface area contributed by atoms with E-state index in [1.807, 2.05) is 6.07 Å². The maximum absolute atomic E-state index is 12.4. The fourth-order valence-electron chi connectivity index (χ4n) is 2.93. The van der Waals surface area contributed by atoms with Crippen LogP contribution in [0.3, 0.4) is 0 Å². The van der Waals surface area contributed by atoms with Crippen molar-refractivity contribution < 1.29 is 18.8 Å².